The van der Waals surface area contributed by atoms with Crippen LogP contribution in [0.1, 0.15) is 12.8 Å². The smallest absolute Gasteiger partial charge is 0.122 e. The third-order valence-corrected chi connectivity index (χ3v) is 1.02. The Balaban J connectivity index is 2.70. The van der Waals surface area contributed by atoms with E-state index < -0.39 is 0 Å². The maximum Gasteiger partial charge on any atom is 0.122 e. The highest BCUT2D eigenvalue weighted by atomic mass is 16.5. The first-order valence-electron chi connectivity index (χ1n) is 3.42. The van der Waals surface area contributed by atoms with Crippen LogP contribution in [0, 0.1) is 0 Å². The summed E-state index contributed by atoms with van der Waals surface area (Å²) in [5, 5.41) is 0. The largest absolute Gasteiger partial charge is 0.385 e. The molecule has 0 aromatic rings. The van der Waals surface area contributed by atoms with Gasteiger partial charge in [0.15, 0.2) is 0 Å². The van der Waals surface area contributed by atoms with Crippen LogP contribution in [0.2, 0.25) is 0 Å². The Morgan fingerprint density at radius 1 is 1.30 bits per heavy atom. The number of rotatable bonds is 7. The Morgan fingerprint density at radius 2 is 2.10 bits per heavy atom. The van der Waals surface area contributed by atoms with Crippen molar-refractivity contribution in [2.24, 2.45) is 0 Å². The van der Waals surface area contributed by atoms with Crippen molar-refractivity contribution in [2.75, 3.05) is 26.9 Å². The fourth-order valence-electron chi connectivity index (χ4n) is 0.539. The molecule has 0 spiro atoms. The van der Waals surface area contributed by atoms with Crippen molar-refractivity contribution in [3.05, 3.63) is 0 Å². The van der Waals surface area contributed by atoms with Crippen molar-refractivity contribution in [3.63, 3.8) is 0 Å². The first kappa shape index (κ1) is 9.59. The van der Waals surface area contributed by atoms with Gasteiger partial charge in [0.05, 0.1) is 6.61 Å². The molecule has 0 aromatic heterocycles. The maximum atomic E-state index is 9.79. The van der Waals surface area contributed by atoms with Gasteiger partial charge in [0.1, 0.15) is 6.29 Å². The predicted octanol–water partition coefficient (Wildman–Crippen LogP) is 0.629. The van der Waals surface area contributed by atoms with Gasteiger partial charge >= 0.3 is 0 Å². The van der Waals surface area contributed by atoms with Gasteiger partial charge in [0.25, 0.3) is 0 Å². The van der Waals surface area contributed by atoms with E-state index in [1.807, 2.05) is 0 Å². The van der Waals surface area contributed by atoms with Gasteiger partial charge in [-0.05, 0) is 6.42 Å². The average molecular weight is 146 g/mol. The van der Waals surface area contributed by atoms with Gasteiger partial charge < -0.3 is 14.3 Å². The lowest BCUT2D eigenvalue weighted by Gasteiger charge is -1.99. The van der Waals surface area contributed by atoms with E-state index in [0.717, 1.165) is 19.3 Å². The van der Waals surface area contributed by atoms with Gasteiger partial charge in [-0.1, -0.05) is 0 Å². The third kappa shape index (κ3) is 7.59. The highest BCUT2D eigenvalue weighted by Gasteiger charge is 1.86. The fraction of sp³-hybridized carbons (Fsp3) is 0.857. The lowest BCUT2D eigenvalue weighted by Crippen LogP contribution is -2.00. The van der Waals surface area contributed by atoms with Crippen molar-refractivity contribution in [1.82, 2.24) is 0 Å². The number of ether oxygens (including phenoxy) is 2. The highest BCUT2D eigenvalue weighted by Crippen LogP contribution is 1.84. The van der Waals surface area contributed by atoms with E-state index >= 15 is 0 Å². The van der Waals surface area contributed by atoms with Gasteiger partial charge in [-0.3, -0.25) is 0 Å². The Bertz CT molecular complexity index is 73.3. The first-order valence-corrected chi connectivity index (χ1v) is 3.42. The summed E-state index contributed by atoms with van der Waals surface area (Å²) in [6.07, 6.45) is 2.25. The minimum absolute atomic E-state index is 0.493. The molecule has 60 valence electrons. The summed E-state index contributed by atoms with van der Waals surface area (Å²) < 4.78 is 9.86. The molecule has 0 unspecified atom stereocenters. The number of carbonyl (C=O) groups excluding carboxylic acids is 1. The van der Waals surface area contributed by atoms with Gasteiger partial charge in [-0.2, -0.15) is 0 Å². The average Bonchev–Trinajstić information content (AvgIpc) is 1.97. The van der Waals surface area contributed by atoms with E-state index in [0.29, 0.717) is 19.6 Å². The van der Waals surface area contributed by atoms with Crippen molar-refractivity contribution < 1.29 is 14.3 Å². The number of aldehydes is 1. The summed E-state index contributed by atoms with van der Waals surface area (Å²) in [5.74, 6) is 0. The molecule has 0 rings (SSSR count). The SMILES string of the molecule is COCCCOCCC=O. The zero-order valence-corrected chi connectivity index (χ0v) is 6.34. The molecule has 0 aliphatic rings. The zero-order valence-electron chi connectivity index (χ0n) is 6.34. The van der Waals surface area contributed by atoms with Crippen molar-refractivity contribution in [3.8, 4) is 0 Å². The zero-order chi connectivity index (χ0) is 7.66. The molecule has 0 radical (unpaired) electrons. The van der Waals surface area contributed by atoms with Crippen LogP contribution in [-0.2, 0) is 14.3 Å². The Morgan fingerprint density at radius 3 is 2.70 bits per heavy atom. The second kappa shape index (κ2) is 8.59. The number of hydrogen-bond donors (Lipinski definition) is 0. The Hall–Kier alpha value is -0.410. The van der Waals surface area contributed by atoms with Crippen LogP contribution in [-0.4, -0.2) is 33.2 Å². The lowest BCUT2D eigenvalue weighted by molar-refractivity contribution is -0.108. The van der Waals surface area contributed by atoms with E-state index in [2.05, 4.69) is 0 Å². The van der Waals surface area contributed by atoms with Gasteiger partial charge in [-0.25, -0.2) is 0 Å². The summed E-state index contributed by atoms with van der Waals surface area (Å²) in [7, 11) is 1.66. The first-order chi connectivity index (χ1) is 4.91. The normalized spacial score (nSPS) is 9.70. The molecule has 0 saturated heterocycles. The summed E-state index contributed by atoms with van der Waals surface area (Å²) in [5.41, 5.74) is 0. The molecule has 0 amide bonds. The van der Waals surface area contributed by atoms with Crippen LogP contribution in [0.25, 0.3) is 0 Å². The maximum absolute atomic E-state index is 9.79. The van der Waals surface area contributed by atoms with E-state index in [4.69, 9.17) is 9.47 Å². The molecule has 0 atom stereocenters. The molecule has 10 heavy (non-hydrogen) atoms. The number of methoxy groups -OCH3 is 1. The Labute approximate surface area is 61.3 Å². The van der Waals surface area contributed by atoms with Gasteiger partial charge in [0, 0.05) is 26.7 Å². The lowest BCUT2D eigenvalue weighted by atomic mass is 10.5. The summed E-state index contributed by atoms with van der Waals surface area (Å²) in [6, 6.07) is 0. The monoisotopic (exact) mass is 146 g/mol. The van der Waals surface area contributed by atoms with E-state index in [-0.39, 0.29) is 0 Å². The van der Waals surface area contributed by atoms with E-state index in [1.54, 1.807) is 7.11 Å². The van der Waals surface area contributed by atoms with Crippen molar-refractivity contribution >= 4 is 6.29 Å². The molecule has 0 N–H and O–H groups in total. The highest BCUT2D eigenvalue weighted by molar-refractivity contribution is 5.49. The number of carbonyl (C=O) groups is 1. The molecule has 3 heteroatoms. The fourth-order valence-corrected chi connectivity index (χ4v) is 0.539. The van der Waals surface area contributed by atoms with Crippen LogP contribution in [0.15, 0.2) is 0 Å². The molecule has 0 saturated carbocycles. The Kier molecular flexibility index (Phi) is 8.24. The molecule has 0 aliphatic carbocycles. The van der Waals surface area contributed by atoms with Crippen LogP contribution in [0.4, 0.5) is 0 Å². The molecule has 0 heterocycles. The van der Waals surface area contributed by atoms with Crippen LogP contribution in [0.3, 0.4) is 0 Å². The van der Waals surface area contributed by atoms with Crippen LogP contribution < -0.4 is 0 Å². The topological polar surface area (TPSA) is 35.5 Å². The van der Waals surface area contributed by atoms with Crippen molar-refractivity contribution in [2.45, 2.75) is 12.8 Å². The second-order valence-electron chi connectivity index (χ2n) is 1.91. The molecular formula is C7H14O3. The van der Waals surface area contributed by atoms with Crippen LogP contribution >= 0.6 is 0 Å². The molecular weight excluding hydrogens is 132 g/mol. The molecule has 0 fully saturated rings. The summed E-state index contributed by atoms with van der Waals surface area (Å²) >= 11 is 0. The van der Waals surface area contributed by atoms with Crippen LogP contribution in [0.5, 0.6) is 0 Å². The van der Waals surface area contributed by atoms with Crippen molar-refractivity contribution in [1.29, 1.82) is 0 Å². The molecule has 3 nitrogen and oxygen atoms in total. The van der Waals surface area contributed by atoms with E-state index in [9.17, 15) is 4.79 Å². The molecule has 0 bridgehead atoms. The second-order valence-corrected chi connectivity index (χ2v) is 1.91. The predicted molar refractivity (Wildman–Crippen MR) is 38.0 cm³/mol. The quantitative estimate of drug-likeness (QED) is 0.390. The van der Waals surface area contributed by atoms with E-state index in [1.165, 1.54) is 0 Å². The summed E-state index contributed by atoms with van der Waals surface area (Å²) in [6.45, 7) is 1.94. The molecule has 0 aliphatic heterocycles. The van der Waals surface area contributed by atoms with Gasteiger partial charge in [0.2, 0.25) is 0 Å². The number of hydrogen-bond acceptors (Lipinski definition) is 3. The summed E-state index contributed by atoms with van der Waals surface area (Å²) in [4.78, 5) is 9.79. The standard InChI is InChI=1S/C7H14O3/c1-9-5-3-7-10-6-2-4-8/h4H,2-3,5-7H2,1H3. The minimum atomic E-state index is 0.493. The third-order valence-electron chi connectivity index (χ3n) is 1.02. The molecule has 0 aromatic carbocycles. The van der Waals surface area contributed by atoms with Gasteiger partial charge in [-0.15, -0.1) is 0 Å². The minimum Gasteiger partial charge on any atom is -0.385 e.